The van der Waals surface area contributed by atoms with Crippen molar-refractivity contribution in [2.75, 3.05) is 6.61 Å². The van der Waals surface area contributed by atoms with E-state index in [1.165, 1.54) is 67.2 Å². The second-order valence-corrected chi connectivity index (χ2v) is 9.63. The summed E-state index contributed by atoms with van der Waals surface area (Å²) in [7, 11) is 0. The third-order valence-electron chi connectivity index (χ3n) is 7.32. The van der Waals surface area contributed by atoms with Crippen molar-refractivity contribution in [2.45, 2.75) is 64.7 Å². The number of hydrogen-bond acceptors (Lipinski definition) is 1. The Kier molecular flexibility index (Phi) is 8.04. The third kappa shape index (κ3) is 6.25. The first-order chi connectivity index (χ1) is 15.7. The molecule has 168 valence electrons. The number of ether oxygens (including phenoxy) is 1. The van der Waals surface area contributed by atoms with Gasteiger partial charge in [-0.3, -0.25) is 0 Å². The molecule has 1 heteroatoms. The van der Waals surface area contributed by atoms with Gasteiger partial charge in [-0.1, -0.05) is 99.3 Å². The van der Waals surface area contributed by atoms with Gasteiger partial charge in [-0.2, -0.15) is 0 Å². The van der Waals surface area contributed by atoms with Gasteiger partial charge in [0.2, 0.25) is 0 Å². The van der Waals surface area contributed by atoms with Crippen LogP contribution in [-0.2, 0) is 6.42 Å². The molecule has 0 aromatic heterocycles. The molecule has 1 fully saturated rings. The summed E-state index contributed by atoms with van der Waals surface area (Å²) in [5.41, 5.74) is 5.51. The SMILES string of the molecule is CCOc1ccc(-c2ccc(CCC3CCC(C[C@H](C)c4ccccc4)CC3)cc2)cc1. The quantitative estimate of drug-likeness (QED) is 0.332. The molecule has 3 aromatic rings. The number of rotatable bonds is 9. The highest BCUT2D eigenvalue weighted by Crippen LogP contribution is 2.37. The summed E-state index contributed by atoms with van der Waals surface area (Å²) in [4.78, 5) is 0. The second-order valence-electron chi connectivity index (χ2n) is 9.63. The summed E-state index contributed by atoms with van der Waals surface area (Å²) in [6.45, 7) is 5.13. The fraction of sp³-hybridized carbons (Fsp3) is 0.419. The van der Waals surface area contributed by atoms with Gasteiger partial charge in [0.15, 0.2) is 0 Å². The van der Waals surface area contributed by atoms with E-state index < -0.39 is 0 Å². The second kappa shape index (κ2) is 11.4. The Morgan fingerprint density at radius 3 is 1.97 bits per heavy atom. The summed E-state index contributed by atoms with van der Waals surface area (Å²) < 4.78 is 5.55. The average Bonchev–Trinajstić information content (AvgIpc) is 2.85. The molecule has 1 aliphatic carbocycles. The van der Waals surface area contributed by atoms with Crippen LogP contribution in [0.2, 0.25) is 0 Å². The molecule has 0 unspecified atom stereocenters. The molecule has 0 bridgehead atoms. The lowest BCUT2D eigenvalue weighted by atomic mass is 9.75. The summed E-state index contributed by atoms with van der Waals surface area (Å²) in [5.74, 6) is 3.45. The van der Waals surface area contributed by atoms with E-state index in [9.17, 15) is 0 Å². The fourth-order valence-electron chi connectivity index (χ4n) is 5.32. The lowest BCUT2D eigenvalue weighted by Gasteiger charge is -2.30. The zero-order valence-corrected chi connectivity index (χ0v) is 19.8. The Hall–Kier alpha value is -2.54. The summed E-state index contributed by atoms with van der Waals surface area (Å²) in [6.07, 6.45) is 9.55. The molecule has 1 saturated carbocycles. The molecule has 0 amide bonds. The molecule has 0 heterocycles. The highest BCUT2D eigenvalue weighted by Gasteiger charge is 2.23. The van der Waals surface area contributed by atoms with Crippen LogP contribution in [0.25, 0.3) is 11.1 Å². The third-order valence-corrected chi connectivity index (χ3v) is 7.32. The maximum Gasteiger partial charge on any atom is 0.119 e. The van der Waals surface area contributed by atoms with Crippen LogP contribution >= 0.6 is 0 Å². The molecule has 0 N–H and O–H groups in total. The number of benzene rings is 3. The maximum absolute atomic E-state index is 5.55. The van der Waals surface area contributed by atoms with Gasteiger partial charge in [-0.15, -0.1) is 0 Å². The number of hydrogen-bond donors (Lipinski definition) is 0. The molecule has 0 spiro atoms. The lowest BCUT2D eigenvalue weighted by Crippen LogP contribution is -2.16. The number of aryl methyl sites for hydroxylation is 1. The van der Waals surface area contributed by atoms with Crippen LogP contribution in [0.15, 0.2) is 78.9 Å². The van der Waals surface area contributed by atoms with Crippen molar-refractivity contribution in [1.82, 2.24) is 0 Å². The predicted octanol–water partition coefficient (Wildman–Crippen LogP) is 8.69. The van der Waals surface area contributed by atoms with E-state index in [-0.39, 0.29) is 0 Å². The van der Waals surface area contributed by atoms with Gasteiger partial charge >= 0.3 is 0 Å². The van der Waals surface area contributed by atoms with Crippen molar-refractivity contribution in [2.24, 2.45) is 11.8 Å². The molecule has 3 aromatic carbocycles. The molecular weight excluding hydrogens is 388 g/mol. The molecule has 0 saturated heterocycles. The Labute approximate surface area is 194 Å². The molecule has 4 rings (SSSR count). The average molecular weight is 427 g/mol. The van der Waals surface area contributed by atoms with E-state index >= 15 is 0 Å². The minimum Gasteiger partial charge on any atom is -0.494 e. The zero-order valence-electron chi connectivity index (χ0n) is 19.8. The highest BCUT2D eigenvalue weighted by atomic mass is 16.5. The first-order valence-corrected chi connectivity index (χ1v) is 12.6. The van der Waals surface area contributed by atoms with Gasteiger partial charge in [-0.05, 0) is 78.3 Å². The molecule has 32 heavy (non-hydrogen) atoms. The summed E-state index contributed by atoms with van der Waals surface area (Å²) >= 11 is 0. The van der Waals surface area contributed by atoms with E-state index in [4.69, 9.17) is 4.74 Å². The predicted molar refractivity (Wildman–Crippen MR) is 136 cm³/mol. The summed E-state index contributed by atoms with van der Waals surface area (Å²) in [5, 5.41) is 0. The zero-order chi connectivity index (χ0) is 22.2. The van der Waals surface area contributed by atoms with Crippen LogP contribution in [0.1, 0.15) is 69.4 Å². The van der Waals surface area contributed by atoms with Gasteiger partial charge in [0.25, 0.3) is 0 Å². The van der Waals surface area contributed by atoms with E-state index in [2.05, 4.69) is 85.8 Å². The largest absolute Gasteiger partial charge is 0.494 e. The summed E-state index contributed by atoms with van der Waals surface area (Å²) in [6, 6.07) is 28.6. The van der Waals surface area contributed by atoms with Crippen LogP contribution in [0.3, 0.4) is 0 Å². The minimum absolute atomic E-state index is 0.687. The van der Waals surface area contributed by atoms with Crippen LogP contribution in [-0.4, -0.2) is 6.61 Å². The van der Waals surface area contributed by atoms with Crippen LogP contribution in [0.5, 0.6) is 5.75 Å². The van der Waals surface area contributed by atoms with Crippen LogP contribution < -0.4 is 4.74 Å². The van der Waals surface area contributed by atoms with Crippen molar-refractivity contribution in [1.29, 1.82) is 0 Å². The van der Waals surface area contributed by atoms with Gasteiger partial charge in [-0.25, -0.2) is 0 Å². The standard InChI is InChI=1S/C31H38O/c1-3-32-31-21-19-30(20-22-31)29-17-15-26(16-18-29)10-9-25-11-13-27(14-12-25)23-24(2)28-7-5-4-6-8-28/h4-8,15-22,24-25,27H,3,9-14,23H2,1-2H3/t24-,25?,27?/m0/s1. The topological polar surface area (TPSA) is 9.23 Å². The Morgan fingerprint density at radius 1 is 0.750 bits per heavy atom. The van der Waals surface area contributed by atoms with Crippen molar-refractivity contribution >= 4 is 0 Å². The molecular formula is C31H38O. The molecule has 1 atom stereocenters. The monoisotopic (exact) mass is 426 g/mol. The Balaban J connectivity index is 1.21. The molecule has 1 nitrogen and oxygen atoms in total. The maximum atomic E-state index is 5.55. The van der Waals surface area contributed by atoms with E-state index in [0.29, 0.717) is 12.5 Å². The van der Waals surface area contributed by atoms with Gasteiger partial charge in [0.1, 0.15) is 5.75 Å². The van der Waals surface area contributed by atoms with E-state index in [1.54, 1.807) is 0 Å². The van der Waals surface area contributed by atoms with Gasteiger partial charge in [0.05, 0.1) is 6.61 Å². The highest BCUT2D eigenvalue weighted by molar-refractivity contribution is 5.64. The minimum atomic E-state index is 0.687. The first-order valence-electron chi connectivity index (χ1n) is 12.6. The molecule has 1 aliphatic rings. The first kappa shape index (κ1) is 22.6. The lowest BCUT2D eigenvalue weighted by molar-refractivity contribution is 0.245. The van der Waals surface area contributed by atoms with E-state index in [0.717, 1.165) is 17.6 Å². The van der Waals surface area contributed by atoms with Gasteiger partial charge in [0, 0.05) is 0 Å². The van der Waals surface area contributed by atoms with Crippen molar-refractivity contribution in [3.63, 3.8) is 0 Å². The van der Waals surface area contributed by atoms with Crippen molar-refractivity contribution < 1.29 is 4.74 Å². The van der Waals surface area contributed by atoms with Crippen LogP contribution in [0.4, 0.5) is 0 Å². The molecule has 0 radical (unpaired) electrons. The van der Waals surface area contributed by atoms with Crippen molar-refractivity contribution in [3.8, 4) is 16.9 Å². The normalized spacial score (nSPS) is 19.4. The Bertz CT molecular complexity index is 918. The fourth-order valence-corrected chi connectivity index (χ4v) is 5.32. The van der Waals surface area contributed by atoms with Crippen molar-refractivity contribution in [3.05, 3.63) is 90.0 Å². The smallest absolute Gasteiger partial charge is 0.119 e. The van der Waals surface area contributed by atoms with E-state index in [1.807, 2.05) is 6.92 Å². The molecule has 0 aliphatic heterocycles. The van der Waals surface area contributed by atoms with Gasteiger partial charge < -0.3 is 4.74 Å². The van der Waals surface area contributed by atoms with Crippen LogP contribution in [0, 0.1) is 11.8 Å². The Morgan fingerprint density at radius 2 is 1.34 bits per heavy atom.